The highest BCUT2D eigenvalue weighted by Crippen LogP contribution is 2.22. The number of aryl methyl sites for hydroxylation is 1. The molecule has 19 heavy (non-hydrogen) atoms. The van der Waals surface area contributed by atoms with Crippen molar-refractivity contribution in [3.05, 3.63) is 29.8 Å². The average Bonchev–Trinajstić information content (AvgIpc) is 2.38. The first-order chi connectivity index (χ1) is 8.97. The number of alkyl halides is 1. The van der Waals surface area contributed by atoms with Gasteiger partial charge >= 0.3 is 0 Å². The van der Waals surface area contributed by atoms with Crippen molar-refractivity contribution in [1.82, 2.24) is 0 Å². The summed E-state index contributed by atoms with van der Waals surface area (Å²) in [6, 6.07) is 7.84. The maximum Gasteiger partial charge on any atom is 0.246 e. The predicted octanol–water partition coefficient (Wildman–Crippen LogP) is 3.59. The van der Waals surface area contributed by atoms with Gasteiger partial charge < -0.3 is 4.74 Å². The number of anilines is 1. The summed E-state index contributed by atoms with van der Waals surface area (Å²) in [5.74, 6) is -0.136. The van der Waals surface area contributed by atoms with Crippen LogP contribution in [0.25, 0.3) is 0 Å². The Morgan fingerprint density at radius 3 is 2.47 bits per heavy atom. The van der Waals surface area contributed by atoms with Crippen molar-refractivity contribution in [2.75, 3.05) is 11.6 Å². The topological polar surface area (TPSA) is 29.5 Å². The Bertz CT molecular complexity index is 418. The highest BCUT2D eigenvalue weighted by molar-refractivity contribution is 6.32. The van der Waals surface area contributed by atoms with E-state index in [1.807, 2.05) is 38.1 Å². The molecule has 3 nitrogen and oxygen atoms in total. The standard InChI is InChI=1S/C15H22ClNO2/c1-5-13-8-6-7-9-14(13)17(10-19-11(2)3)15(18)12(4)16/h6-9,11-12H,5,10H2,1-4H3. The molecule has 1 atom stereocenters. The largest absolute Gasteiger partial charge is 0.358 e. The van der Waals surface area contributed by atoms with E-state index in [-0.39, 0.29) is 18.7 Å². The van der Waals surface area contributed by atoms with Crippen LogP contribution in [0.1, 0.15) is 33.3 Å². The van der Waals surface area contributed by atoms with Gasteiger partial charge in [-0.3, -0.25) is 9.69 Å². The lowest BCUT2D eigenvalue weighted by atomic mass is 10.1. The van der Waals surface area contributed by atoms with Gasteiger partial charge in [-0.05, 0) is 38.8 Å². The van der Waals surface area contributed by atoms with Crippen molar-refractivity contribution in [2.45, 2.75) is 45.6 Å². The summed E-state index contributed by atoms with van der Waals surface area (Å²) in [6.07, 6.45) is 0.924. The molecule has 0 saturated carbocycles. The van der Waals surface area contributed by atoms with Crippen molar-refractivity contribution in [3.63, 3.8) is 0 Å². The number of ether oxygens (including phenoxy) is 1. The number of benzene rings is 1. The third-order valence-corrected chi connectivity index (χ3v) is 2.99. The van der Waals surface area contributed by atoms with E-state index in [1.165, 1.54) is 0 Å². The third-order valence-electron chi connectivity index (χ3n) is 2.81. The molecule has 0 aliphatic heterocycles. The van der Waals surface area contributed by atoms with Gasteiger partial charge in [0.25, 0.3) is 0 Å². The fraction of sp³-hybridized carbons (Fsp3) is 0.533. The molecule has 106 valence electrons. The van der Waals surface area contributed by atoms with E-state index in [0.29, 0.717) is 0 Å². The van der Waals surface area contributed by atoms with E-state index in [9.17, 15) is 4.79 Å². The monoisotopic (exact) mass is 283 g/mol. The van der Waals surface area contributed by atoms with Crippen LogP contribution in [0.2, 0.25) is 0 Å². The zero-order valence-electron chi connectivity index (χ0n) is 12.0. The number of carbonyl (C=O) groups excluding carboxylic acids is 1. The van der Waals surface area contributed by atoms with Crippen LogP contribution in [0, 0.1) is 0 Å². The maximum atomic E-state index is 12.2. The van der Waals surface area contributed by atoms with Gasteiger partial charge in [0.1, 0.15) is 12.1 Å². The molecule has 4 heteroatoms. The average molecular weight is 284 g/mol. The molecule has 0 saturated heterocycles. The molecule has 0 aliphatic rings. The number of amides is 1. The molecule has 0 radical (unpaired) electrons. The van der Waals surface area contributed by atoms with E-state index in [2.05, 4.69) is 6.92 Å². The molecule has 1 aromatic carbocycles. The summed E-state index contributed by atoms with van der Waals surface area (Å²) >= 11 is 5.94. The first kappa shape index (κ1) is 16.0. The Balaban J connectivity index is 3.04. The third kappa shape index (κ3) is 4.51. The molecular formula is C15H22ClNO2. The Labute approximate surface area is 120 Å². The minimum absolute atomic E-state index is 0.0646. The summed E-state index contributed by atoms with van der Waals surface area (Å²) in [5.41, 5.74) is 1.99. The second-order valence-electron chi connectivity index (χ2n) is 4.71. The number of para-hydroxylation sites is 1. The van der Waals surface area contributed by atoms with Crippen molar-refractivity contribution in [1.29, 1.82) is 0 Å². The van der Waals surface area contributed by atoms with E-state index in [0.717, 1.165) is 17.7 Å². The quantitative estimate of drug-likeness (QED) is 0.590. The van der Waals surface area contributed by atoms with Gasteiger partial charge in [0, 0.05) is 5.69 Å². The summed E-state index contributed by atoms with van der Waals surface area (Å²) in [4.78, 5) is 13.9. The molecular weight excluding hydrogens is 262 g/mol. The highest BCUT2D eigenvalue weighted by Gasteiger charge is 2.22. The number of carbonyl (C=O) groups is 1. The van der Waals surface area contributed by atoms with Crippen molar-refractivity contribution < 1.29 is 9.53 Å². The van der Waals surface area contributed by atoms with Gasteiger partial charge in [-0.1, -0.05) is 25.1 Å². The molecule has 0 spiro atoms. The van der Waals surface area contributed by atoms with E-state index in [4.69, 9.17) is 16.3 Å². The zero-order chi connectivity index (χ0) is 14.4. The van der Waals surface area contributed by atoms with Gasteiger partial charge in [0.15, 0.2) is 0 Å². The molecule has 1 amide bonds. The zero-order valence-corrected chi connectivity index (χ0v) is 12.8. The number of nitrogens with zero attached hydrogens (tertiary/aromatic N) is 1. The molecule has 0 fully saturated rings. The molecule has 0 aromatic heterocycles. The van der Waals surface area contributed by atoms with Crippen molar-refractivity contribution in [3.8, 4) is 0 Å². The minimum Gasteiger partial charge on any atom is -0.358 e. The predicted molar refractivity (Wildman–Crippen MR) is 79.7 cm³/mol. The van der Waals surface area contributed by atoms with Gasteiger partial charge in [-0.25, -0.2) is 0 Å². The van der Waals surface area contributed by atoms with Crippen LogP contribution < -0.4 is 4.90 Å². The molecule has 1 aromatic rings. The lowest BCUT2D eigenvalue weighted by Crippen LogP contribution is -2.39. The number of halogens is 1. The Morgan fingerprint density at radius 1 is 1.32 bits per heavy atom. The first-order valence-electron chi connectivity index (χ1n) is 6.62. The number of hydrogen-bond donors (Lipinski definition) is 0. The Morgan fingerprint density at radius 2 is 1.95 bits per heavy atom. The summed E-state index contributed by atoms with van der Waals surface area (Å²) < 4.78 is 5.58. The second-order valence-corrected chi connectivity index (χ2v) is 5.36. The SMILES string of the molecule is CCc1ccccc1N(COC(C)C)C(=O)C(C)Cl. The van der Waals surface area contributed by atoms with Gasteiger partial charge in [0.2, 0.25) is 5.91 Å². The number of rotatable bonds is 6. The molecule has 0 N–H and O–H groups in total. The smallest absolute Gasteiger partial charge is 0.246 e. The Kier molecular flexibility index (Phi) is 6.32. The summed E-state index contributed by atoms with van der Waals surface area (Å²) in [6.45, 7) is 7.86. The van der Waals surface area contributed by atoms with Crippen LogP contribution in [0.4, 0.5) is 5.69 Å². The minimum atomic E-state index is -0.569. The van der Waals surface area contributed by atoms with Crippen LogP contribution in [0.3, 0.4) is 0 Å². The fourth-order valence-electron chi connectivity index (χ4n) is 1.76. The first-order valence-corrected chi connectivity index (χ1v) is 7.06. The van der Waals surface area contributed by atoms with Gasteiger partial charge in [0.05, 0.1) is 6.10 Å². The van der Waals surface area contributed by atoms with Crippen LogP contribution in [-0.2, 0) is 16.0 Å². The number of hydrogen-bond acceptors (Lipinski definition) is 2. The maximum absolute atomic E-state index is 12.2. The fourth-order valence-corrected chi connectivity index (χ4v) is 1.88. The van der Waals surface area contributed by atoms with Crippen molar-refractivity contribution >= 4 is 23.2 Å². The highest BCUT2D eigenvalue weighted by atomic mass is 35.5. The van der Waals surface area contributed by atoms with E-state index >= 15 is 0 Å². The lowest BCUT2D eigenvalue weighted by molar-refractivity contribution is -0.119. The molecule has 1 unspecified atom stereocenters. The second kappa shape index (κ2) is 7.51. The van der Waals surface area contributed by atoms with Crippen LogP contribution in [0.5, 0.6) is 0 Å². The molecule has 0 aliphatic carbocycles. The van der Waals surface area contributed by atoms with Crippen LogP contribution in [0.15, 0.2) is 24.3 Å². The molecule has 0 heterocycles. The van der Waals surface area contributed by atoms with Crippen molar-refractivity contribution in [2.24, 2.45) is 0 Å². The summed E-state index contributed by atoms with van der Waals surface area (Å²) in [7, 11) is 0. The molecule has 1 rings (SSSR count). The van der Waals surface area contributed by atoms with Crippen LogP contribution >= 0.6 is 11.6 Å². The normalized spacial score (nSPS) is 12.5. The lowest BCUT2D eigenvalue weighted by Gasteiger charge is -2.26. The summed E-state index contributed by atoms with van der Waals surface area (Å²) in [5, 5.41) is -0.569. The van der Waals surface area contributed by atoms with E-state index in [1.54, 1.807) is 11.8 Å². The van der Waals surface area contributed by atoms with Crippen LogP contribution in [-0.4, -0.2) is 24.1 Å². The Hall–Kier alpha value is -1.06. The molecule has 0 bridgehead atoms. The van der Waals surface area contributed by atoms with Gasteiger partial charge in [-0.2, -0.15) is 0 Å². The van der Waals surface area contributed by atoms with Gasteiger partial charge in [-0.15, -0.1) is 11.6 Å². The van der Waals surface area contributed by atoms with E-state index < -0.39 is 5.38 Å².